The first-order chi connectivity index (χ1) is 17.3. The molecule has 9 heteroatoms. The molecule has 4 aromatic rings. The van der Waals surface area contributed by atoms with E-state index in [0.717, 1.165) is 28.3 Å². The van der Waals surface area contributed by atoms with Crippen molar-refractivity contribution in [1.29, 1.82) is 0 Å². The normalized spacial score (nSPS) is 12.1. The minimum absolute atomic E-state index is 0.0107. The summed E-state index contributed by atoms with van der Waals surface area (Å²) in [6.45, 7) is 8.71. The van der Waals surface area contributed by atoms with Gasteiger partial charge in [0.2, 0.25) is 11.9 Å². The number of aryl methyl sites for hydroxylation is 2. The standard InChI is InChI=1S/C27H32ClN7O/c1-17(2)16-29-25(36)15-22(13-20-8-6-5-7-9-20)31-24-12-19(4)30-27-33-26(34-35(24)27)32-23-14-21(28)11-10-18(23)3/h5-12,14,17,22,31H,13,15-16H2,1-4H3,(H,29,36)(H,32,34). The molecule has 1 atom stereocenters. The van der Waals surface area contributed by atoms with Crippen LogP contribution < -0.4 is 16.0 Å². The van der Waals surface area contributed by atoms with Gasteiger partial charge >= 0.3 is 0 Å². The minimum Gasteiger partial charge on any atom is -0.366 e. The zero-order valence-electron chi connectivity index (χ0n) is 21.0. The number of rotatable bonds is 10. The van der Waals surface area contributed by atoms with Gasteiger partial charge in [-0.15, -0.1) is 5.10 Å². The summed E-state index contributed by atoms with van der Waals surface area (Å²) in [6, 6.07) is 17.5. The van der Waals surface area contributed by atoms with Gasteiger partial charge in [-0.2, -0.15) is 9.50 Å². The molecule has 0 spiro atoms. The first-order valence-electron chi connectivity index (χ1n) is 12.1. The summed E-state index contributed by atoms with van der Waals surface area (Å²) in [7, 11) is 0. The minimum atomic E-state index is -0.152. The molecule has 2 heterocycles. The van der Waals surface area contributed by atoms with Crippen molar-refractivity contribution < 1.29 is 4.79 Å². The number of benzene rings is 2. The molecule has 188 valence electrons. The zero-order valence-corrected chi connectivity index (χ0v) is 21.8. The van der Waals surface area contributed by atoms with Gasteiger partial charge in [-0.25, -0.2) is 4.98 Å². The molecular weight excluding hydrogens is 474 g/mol. The molecule has 3 N–H and O–H groups in total. The van der Waals surface area contributed by atoms with Crippen molar-refractivity contribution in [1.82, 2.24) is 24.9 Å². The lowest BCUT2D eigenvalue weighted by Crippen LogP contribution is -2.34. The summed E-state index contributed by atoms with van der Waals surface area (Å²) in [6.07, 6.45) is 1.01. The van der Waals surface area contributed by atoms with Crippen LogP contribution in [0.25, 0.3) is 5.78 Å². The molecular formula is C27H32ClN7O. The van der Waals surface area contributed by atoms with Crippen LogP contribution in [0.5, 0.6) is 0 Å². The van der Waals surface area contributed by atoms with Crippen LogP contribution in [0.2, 0.25) is 5.02 Å². The molecule has 2 aromatic carbocycles. The topological polar surface area (TPSA) is 96.2 Å². The molecule has 0 saturated carbocycles. The average molecular weight is 506 g/mol. The predicted molar refractivity (Wildman–Crippen MR) is 145 cm³/mol. The van der Waals surface area contributed by atoms with E-state index in [1.54, 1.807) is 4.52 Å². The van der Waals surface area contributed by atoms with E-state index in [2.05, 4.69) is 57.0 Å². The fourth-order valence-electron chi connectivity index (χ4n) is 3.89. The Kier molecular flexibility index (Phi) is 8.05. The SMILES string of the molecule is Cc1cc(NC(CC(=O)NCC(C)C)Cc2ccccc2)n2nc(Nc3cc(Cl)ccc3C)nc2n1. The summed E-state index contributed by atoms with van der Waals surface area (Å²) >= 11 is 6.17. The van der Waals surface area contributed by atoms with E-state index in [0.29, 0.717) is 42.1 Å². The number of halogens is 1. The van der Waals surface area contributed by atoms with Crippen LogP contribution in [0.3, 0.4) is 0 Å². The second kappa shape index (κ2) is 11.4. The van der Waals surface area contributed by atoms with Crippen molar-refractivity contribution in [2.45, 2.75) is 46.6 Å². The Hall–Kier alpha value is -3.65. The van der Waals surface area contributed by atoms with Crippen molar-refractivity contribution in [3.63, 3.8) is 0 Å². The Bertz CT molecular complexity index is 1340. The van der Waals surface area contributed by atoms with Gasteiger partial charge in [0.25, 0.3) is 5.78 Å². The van der Waals surface area contributed by atoms with Crippen LogP contribution in [-0.2, 0) is 11.2 Å². The molecule has 0 bridgehead atoms. The first-order valence-corrected chi connectivity index (χ1v) is 12.5. The molecule has 0 saturated heterocycles. The number of fused-ring (bicyclic) bond motifs is 1. The van der Waals surface area contributed by atoms with Crippen molar-refractivity contribution >= 4 is 40.7 Å². The fraction of sp³-hybridized carbons (Fsp3) is 0.333. The third-order valence-electron chi connectivity index (χ3n) is 5.70. The number of aromatic nitrogens is 4. The molecule has 1 amide bonds. The third kappa shape index (κ3) is 6.73. The number of amides is 1. The van der Waals surface area contributed by atoms with Crippen molar-refractivity contribution in [2.75, 3.05) is 17.2 Å². The summed E-state index contributed by atoms with van der Waals surface area (Å²) in [4.78, 5) is 21.8. The number of carbonyl (C=O) groups is 1. The molecule has 0 fully saturated rings. The summed E-state index contributed by atoms with van der Waals surface area (Å²) in [5.74, 6) is 1.99. The van der Waals surface area contributed by atoms with Gasteiger partial charge in [-0.05, 0) is 49.4 Å². The Balaban J connectivity index is 1.61. The maximum absolute atomic E-state index is 12.7. The Morgan fingerprint density at radius 1 is 1.06 bits per heavy atom. The van der Waals surface area contributed by atoms with Crippen molar-refractivity contribution in [3.8, 4) is 0 Å². The van der Waals surface area contributed by atoms with E-state index < -0.39 is 0 Å². The van der Waals surface area contributed by atoms with Gasteiger partial charge in [0.1, 0.15) is 5.82 Å². The monoisotopic (exact) mass is 505 g/mol. The molecule has 0 aliphatic heterocycles. The number of anilines is 3. The average Bonchev–Trinajstić information content (AvgIpc) is 3.23. The smallest absolute Gasteiger partial charge is 0.256 e. The predicted octanol–water partition coefficient (Wildman–Crippen LogP) is 5.32. The van der Waals surface area contributed by atoms with Crippen molar-refractivity contribution in [3.05, 3.63) is 76.4 Å². The summed E-state index contributed by atoms with van der Waals surface area (Å²) < 4.78 is 1.67. The van der Waals surface area contributed by atoms with Crippen LogP contribution in [0.15, 0.2) is 54.6 Å². The lowest BCUT2D eigenvalue weighted by molar-refractivity contribution is -0.121. The van der Waals surface area contributed by atoms with Crippen LogP contribution in [0.4, 0.5) is 17.5 Å². The second-order valence-corrected chi connectivity index (χ2v) is 9.88. The molecule has 0 radical (unpaired) electrons. The highest BCUT2D eigenvalue weighted by Crippen LogP contribution is 2.24. The van der Waals surface area contributed by atoms with Gasteiger partial charge < -0.3 is 16.0 Å². The lowest BCUT2D eigenvalue weighted by Gasteiger charge is -2.21. The number of hydrogen-bond acceptors (Lipinski definition) is 6. The van der Waals surface area contributed by atoms with Gasteiger partial charge in [0, 0.05) is 41.5 Å². The Labute approximate surface area is 216 Å². The van der Waals surface area contributed by atoms with Gasteiger partial charge in [-0.3, -0.25) is 4.79 Å². The molecule has 8 nitrogen and oxygen atoms in total. The largest absolute Gasteiger partial charge is 0.366 e. The van der Waals surface area contributed by atoms with E-state index in [1.807, 2.05) is 56.3 Å². The number of nitrogens with zero attached hydrogens (tertiary/aromatic N) is 4. The quantitative estimate of drug-likeness (QED) is 0.270. The molecule has 2 aromatic heterocycles. The molecule has 0 aliphatic carbocycles. The zero-order chi connectivity index (χ0) is 25.7. The highest BCUT2D eigenvalue weighted by atomic mass is 35.5. The molecule has 36 heavy (non-hydrogen) atoms. The third-order valence-corrected chi connectivity index (χ3v) is 5.94. The van der Waals surface area contributed by atoms with Crippen LogP contribution in [0.1, 0.15) is 37.1 Å². The highest BCUT2D eigenvalue weighted by Gasteiger charge is 2.18. The lowest BCUT2D eigenvalue weighted by atomic mass is 10.0. The van der Waals surface area contributed by atoms with Crippen molar-refractivity contribution in [2.24, 2.45) is 5.92 Å². The molecule has 1 unspecified atom stereocenters. The van der Waals surface area contributed by atoms with E-state index in [-0.39, 0.29) is 11.9 Å². The molecule has 4 rings (SSSR count). The van der Waals surface area contributed by atoms with Gasteiger partial charge in [0.15, 0.2) is 0 Å². The summed E-state index contributed by atoms with van der Waals surface area (Å²) in [5, 5.41) is 15.1. The van der Waals surface area contributed by atoms with Crippen LogP contribution >= 0.6 is 11.6 Å². The Morgan fingerprint density at radius 3 is 2.58 bits per heavy atom. The number of carbonyl (C=O) groups excluding carboxylic acids is 1. The highest BCUT2D eigenvalue weighted by molar-refractivity contribution is 6.30. The first kappa shape index (κ1) is 25.4. The van der Waals surface area contributed by atoms with E-state index in [9.17, 15) is 4.79 Å². The second-order valence-electron chi connectivity index (χ2n) is 9.45. The Morgan fingerprint density at radius 2 is 1.83 bits per heavy atom. The number of hydrogen-bond donors (Lipinski definition) is 3. The van der Waals surface area contributed by atoms with Crippen LogP contribution in [0, 0.1) is 19.8 Å². The number of nitrogens with one attached hydrogen (secondary N) is 3. The fourth-order valence-corrected chi connectivity index (χ4v) is 4.06. The molecule has 0 aliphatic rings. The van der Waals surface area contributed by atoms with E-state index in [4.69, 9.17) is 11.6 Å². The summed E-state index contributed by atoms with van der Waals surface area (Å²) in [5.41, 5.74) is 3.79. The van der Waals surface area contributed by atoms with Gasteiger partial charge in [0.05, 0.1) is 0 Å². The van der Waals surface area contributed by atoms with E-state index >= 15 is 0 Å². The van der Waals surface area contributed by atoms with Gasteiger partial charge in [-0.1, -0.05) is 61.8 Å². The maximum Gasteiger partial charge on any atom is 0.256 e. The maximum atomic E-state index is 12.7. The van der Waals surface area contributed by atoms with Crippen LogP contribution in [-0.4, -0.2) is 38.1 Å². The van der Waals surface area contributed by atoms with E-state index in [1.165, 1.54) is 0 Å².